The second-order valence-corrected chi connectivity index (χ2v) is 7.49. The lowest BCUT2D eigenvalue weighted by Gasteiger charge is -2.20. The van der Waals surface area contributed by atoms with Gasteiger partial charge in [-0.3, -0.25) is 0 Å². The monoisotopic (exact) mass is 433 g/mol. The molecule has 0 saturated carbocycles. The van der Waals surface area contributed by atoms with Crippen LogP contribution >= 0.6 is 31.9 Å². The van der Waals surface area contributed by atoms with Crippen molar-refractivity contribution < 1.29 is 0 Å². The van der Waals surface area contributed by atoms with Crippen LogP contribution < -0.4 is 0 Å². The van der Waals surface area contributed by atoms with Crippen molar-refractivity contribution in [2.75, 3.05) is 0 Å². The van der Waals surface area contributed by atoms with E-state index in [0.717, 1.165) is 28.2 Å². The maximum Gasteiger partial charge on any atom is 0.104 e. The molecule has 0 aliphatic heterocycles. The Hall–Kier alpha value is -1.11. The quantitative estimate of drug-likeness (QED) is 0.401. The molecule has 0 amide bonds. The van der Waals surface area contributed by atoms with E-state index in [1.54, 1.807) is 0 Å². The fraction of sp³-hybridized carbons (Fsp3) is 0.350. The predicted octanol–water partition coefficient (Wildman–Crippen LogP) is 7.02. The molecule has 3 rings (SSSR count). The Morgan fingerprint density at radius 2 is 1.83 bits per heavy atom. The van der Waals surface area contributed by atoms with E-state index in [4.69, 9.17) is 0 Å². The van der Waals surface area contributed by atoms with Crippen molar-refractivity contribution in [1.29, 1.82) is 5.26 Å². The third-order valence-electron chi connectivity index (χ3n) is 4.28. The Morgan fingerprint density at radius 3 is 2.52 bits per heavy atom. The molecule has 1 atom stereocenters. The van der Waals surface area contributed by atoms with Gasteiger partial charge in [0.25, 0.3) is 0 Å². The molecule has 0 aromatic heterocycles. The SMILES string of the molecule is CC.CC1(C#N)C=CC2=C(C=C1Br)CCC1=C2C=CC(Br)=CC1. The van der Waals surface area contributed by atoms with Gasteiger partial charge in [-0.15, -0.1) is 0 Å². The van der Waals surface area contributed by atoms with Crippen LogP contribution in [0.2, 0.25) is 0 Å². The zero-order valence-corrected chi connectivity index (χ0v) is 17.0. The van der Waals surface area contributed by atoms with Crippen LogP contribution in [0.15, 0.2) is 67.7 Å². The highest BCUT2D eigenvalue weighted by molar-refractivity contribution is 9.12. The van der Waals surface area contributed by atoms with E-state index in [1.165, 1.54) is 22.3 Å². The third-order valence-corrected chi connectivity index (χ3v) is 5.92. The molecule has 1 unspecified atom stereocenters. The lowest BCUT2D eigenvalue weighted by atomic mass is 9.84. The minimum Gasteiger partial charge on any atom is -0.197 e. The number of halogens is 2. The van der Waals surface area contributed by atoms with Gasteiger partial charge in [0, 0.05) is 8.96 Å². The van der Waals surface area contributed by atoms with E-state index in [1.807, 2.05) is 26.8 Å². The van der Waals surface area contributed by atoms with Gasteiger partial charge >= 0.3 is 0 Å². The number of rotatable bonds is 0. The second-order valence-electron chi connectivity index (χ2n) is 5.72. The summed E-state index contributed by atoms with van der Waals surface area (Å²) in [6.45, 7) is 5.94. The Labute approximate surface area is 156 Å². The van der Waals surface area contributed by atoms with Crippen molar-refractivity contribution in [3.63, 3.8) is 0 Å². The summed E-state index contributed by atoms with van der Waals surface area (Å²) in [5.74, 6) is 0. The summed E-state index contributed by atoms with van der Waals surface area (Å²) in [7, 11) is 0. The molecule has 0 bridgehead atoms. The van der Waals surface area contributed by atoms with Gasteiger partial charge in [-0.25, -0.2) is 0 Å². The van der Waals surface area contributed by atoms with Gasteiger partial charge in [-0.2, -0.15) is 5.26 Å². The normalized spacial score (nSPS) is 25.9. The highest BCUT2D eigenvalue weighted by atomic mass is 79.9. The minimum atomic E-state index is -0.578. The maximum atomic E-state index is 9.46. The van der Waals surface area contributed by atoms with Gasteiger partial charge in [0.05, 0.1) is 6.07 Å². The predicted molar refractivity (Wildman–Crippen MR) is 105 cm³/mol. The highest BCUT2D eigenvalue weighted by Gasteiger charge is 2.29. The summed E-state index contributed by atoms with van der Waals surface area (Å²) in [5.41, 5.74) is 4.80. The van der Waals surface area contributed by atoms with Crippen LogP contribution in [0.3, 0.4) is 0 Å². The molecule has 120 valence electrons. The van der Waals surface area contributed by atoms with E-state index in [-0.39, 0.29) is 0 Å². The summed E-state index contributed by atoms with van der Waals surface area (Å²) in [6, 6.07) is 2.39. The second kappa shape index (κ2) is 7.64. The Bertz CT molecular complexity index is 723. The molecule has 3 aliphatic carbocycles. The topological polar surface area (TPSA) is 23.8 Å². The zero-order valence-electron chi connectivity index (χ0n) is 13.8. The first-order chi connectivity index (χ1) is 11.0. The van der Waals surface area contributed by atoms with Gasteiger partial charge in [0.1, 0.15) is 5.41 Å². The van der Waals surface area contributed by atoms with Crippen LogP contribution in [0.4, 0.5) is 0 Å². The van der Waals surface area contributed by atoms with E-state index in [2.05, 4.69) is 68.3 Å². The van der Waals surface area contributed by atoms with Crippen molar-refractivity contribution >= 4 is 31.9 Å². The molecule has 0 spiro atoms. The smallest absolute Gasteiger partial charge is 0.104 e. The Morgan fingerprint density at radius 1 is 1.09 bits per heavy atom. The van der Waals surface area contributed by atoms with Crippen molar-refractivity contribution in [2.45, 2.75) is 40.0 Å². The number of allylic oxidation sites excluding steroid dienone is 12. The van der Waals surface area contributed by atoms with Gasteiger partial charge < -0.3 is 0 Å². The molecule has 3 aliphatic rings. The van der Waals surface area contributed by atoms with Gasteiger partial charge in [-0.05, 0) is 55.1 Å². The van der Waals surface area contributed by atoms with Crippen molar-refractivity contribution in [3.05, 3.63) is 67.7 Å². The fourth-order valence-electron chi connectivity index (χ4n) is 2.86. The lowest BCUT2D eigenvalue weighted by molar-refractivity contribution is 0.725. The number of nitrogens with zero attached hydrogens (tertiary/aromatic N) is 1. The summed E-state index contributed by atoms with van der Waals surface area (Å²) >= 11 is 7.16. The molecule has 0 saturated heterocycles. The van der Waals surface area contributed by atoms with Gasteiger partial charge in [0.15, 0.2) is 0 Å². The lowest BCUT2D eigenvalue weighted by Crippen LogP contribution is -2.09. The van der Waals surface area contributed by atoms with Gasteiger partial charge in [0.2, 0.25) is 0 Å². The van der Waals surface area contributed by atoms with Crippen LogP contribution in [0.5, 0.6) is 0 Å². The average molecular weight is 435 g/mol. The standard InChI is InChI=1S/C18H15Br2N.C2H6/c1-18(11-21)9-8-16-13(10-17(18)20)3-2-12-4-5-14(19)6-7-15(12)16;1-2/h5-10H,2-4H2,1H3;1-2H3. The molecule has 0 aromatic carbocycles. The number of hydrogen-bond acceptors (Lipinski definition) is 1. The minimum absolute atomic E-state index is 0.578. The van der Waals surface area contributed by atoms with E-state index in [9.17, 15) is 5.26 Å². The molecule has 0 heterocycles. The Kier molecular flexibility index (Phi) is 6.06. The van der Waals surface area contributed by atoms with Crippen molar-refractivity contribution in [3.8, 4) is 6.07 Å². The molecule has 0 fully saturated rings. The number of hydrogen-bond donors (Lipinski definition) is 0. The summed E-state index contributed by atoms with van der Waals surface area (Å²) in [5, 5.41) is 9.46. The average Bonchev–Trinajstić information content (AvgIpc) is 2.84. The maximum absolute atomic E-state index is 9.46. The Balaban J connectivity index is 0.000000924. The zero-order chi connectivity index (χ0) is 17.0. The van der Waals surface area contributed by atoms with E-state index >= 15 is 0 Å². The molecule has 23 heavy (non-hydrogen) atoms. The summed E-state index contributed by atoms with van der Waals surface area (Å²) < 4.78 is 2.08. The van der Waals surface area contributed by atoms with Crippen LogP contribution in [-0.2, 0) is 0 Å². The molecule has 3 heteroatoms. The number of nitriles is 1. The van der Waals surface area contributed by atoms with Crippen molar-refractivity contribution in [1.82, 2.24) is 0 Å². The van der Waals surface area contributed by atoms with Crippen LogP contribution in [-0.4, -0.2) is 0 Å². The highest BCUT2D eigenvalue weighted by Crippen LogP contribution is 2.43. The van der Waals surface area contributed by atoms with Gasteiger partial charge in [-0.1, -0.05) is 75.6 Å². The third kappa shape index (κ3) is 3.70. The van der Waals surface area contributed by atoms with E-state index in [0.29, 0.717) is 0 Å². The molecule has 1 nitrogen and oxygen atoms in total. The van der Waals surface area contributed by atoms with Crippen molar-refractivity contribution in [2.24, 2.45) is 5.41 Å². The van der Waals surface area contributed by atoms with E-state index < -0.39 is 5.41 Å². The van der Waals surface area contributed by atoms with Crippen LogP contribution in [0.25, 0.3) is 0 Å². The van der Waals surface area contributed by atoms with Crippen LogP contribution in [0.1, 0.15) is 40.0 Å². The molecule has 0 N–H and O–H groups in total. The number of fused-ring (bicyclic) bond motifs is 1. The summed E-state index contributed by atoms with van der Waals surface area (Å²) in [6.07, 6.45) is 15.9. The first kappa shape index (κ1) is 18.2. The fourth-order valence-corrected chi connectivity index (χ4v) is 3.65. The first-order valence-electron chi connectivity index (χ1n) is 8.01. The largest absolute Gasteiger partial charge is 0.197 e. The first-order valence-corrected chi connectivity index (χ1v) is 9.59. The molecular weight excluding hydrogens is 414 g/mol. The molecule has 0 radical (unpaired) electrons. The van der Waals surface area contributed by atoms with Crippen LogP contribution in [0, 0.1) is 16.7 Å². The summed E-state index contributed by atoms with van der Waals surface area (Å²) in [4.78, 5) is 0. The molecule has 0 aromatic rings. The molecular formula is C20H21Br2N.